The van der Waals surface area contributed by atoms with E-state index in [1.54, 1.807) is 0 Å². The molecule has 1 aliphatic rings. The average Bonchev–Trinajstić information content (AvgIpc) is 2.44. The minimum Gasteiger partial charge on any atom is -0.484 e. The standard InChI is InChI=1S/C14H21N3O2/c15-14(18)10-19-13-5-1-4-12(7-13)17-9-11-3-2-6-16-8-11/h1,4-5,7,11,16-17H,2-3,6,8-10H2,(H2,15,18). The number of piperidine rings is 1. The molecule has 1 atom stereocenters. The second-order valence-corrected chi connectivity index (χ2v) is 4.88. The maximum atomic E-state index is 10.7. The van der Waals surface area contributed by atoms with Crippen molar-refractivity contribution >= 4 is 11.6 Å². The van der Waals surface area contributed by atoms with Crippen LogP contribution >= 0.6 is 0 Å². The number of benzene rings is 1. The first-order valence-corrected chi connectivity index (χ1v) is 6.70. The highest BCUT2D eigenvalue weighted by molar-refractivity contribution is 5.75. The van der Waals surface area contributed by atoms with Crippen molar-refractivity contribution in [2.75, 3.05) is 31.6 Å². The molecule has 0 bridgehead atoms. The number of nitrogens with one attached hydrogen (secondary N) is 2. The molecule has 0 aromatic heterocycles. The number of hydrogen-bond donors (Lipinski definition) is 3. The summed E-state index contributed by atoms with van der Waals surface area (Å²) in [6.45, 7) is 3.07. The molecule has 0 saturated carbocycles. The SMILES string of the molecule is NC(=O)COc1cccc(NCC2CCCNC2)c1. The van der Waals surface area contributed by atoms with Gasteiger partial charge in [-0.3, -0.25) is 4.79 Å². The van der Waals surface area contributed by atoms with Gasteiger partial charge in [-0.25, -0.2) is 0 Å². The van der Waals surface area contributed by atoms with Crippen LogP contribution < -0.4 is 21.1 Å². The number of ether oxygens (including phenoxy) is 1. The highest BCUT2D eigenvalue weighted by Crippen LogP contribution is 2.18. The summed E-state index contributed by atoms with van der Waals surface area (Å²) in [5.74, 6) is 0.862. The summed E-state index contributed by atoms with van der Waals surface area (Å²) >= 11 is 0. The number of hydrogen-bond acceptors (Lipinski definition) is 4. The normalized spacial score (nSPS) is 18.8. The van der Waals surface area contributed by atoms with E-state index in [2.05, 4.69) is 10.6 Å². The molecule has 1 heterocycles. The number of carbonyl (C=O) groups excluding carboxylic acids is 1. The van der Waals surface area contributed by atoms with Crippen LogP contribution in [0.15, 0.2) is 24.3 Å². The molecule has 5 nitrogen and oxygen atoms in total. The highest BCUT2D eigenvalue weighted by atomic mass is 16.5. The molecule has 1 fully saturated rings. The van der Waals surface area contributed by atoms with Crippen LogP contribution in [0.25, 0.3) is 0 Å². The Bertz CT molecular complexity index is 417. The van der Waals surface area contributed by atoms with Crippen LogP contribution in [-0.2, 0) is 4.79 Å². The molecule has 1 aromatic rings. The molecule has 0 radical (unpaired) electrons. The summed E-state index contributed by atoms with van der Waals surface area (Å²) in [4.78, 5) is 10.7. The van der Waals surface area contributed by atoms with E-state index in [0.29, 0.717) is 11.7 Å². The summed E-state index contributed by atoms with van der Waals surface area (Å²) in [7, 11) is 0. The third kappa shape index (κ3) is 4.79. The fourth-order valence-corrected chi connectivity index (χ4v) is 2.21. The molecule has 2 rings (SSSR count). The Hall–Kier alpha value is -1.75. The van der Waals surface area contributed by atoms with Gasteiger partial charge in [-0.1, -0.05) is 6.07 Å². The summed E-state index contributed by atoms with van der Waals surface area (Å²) in [5.41, 5.74) is 6.06. The van der Waals surface area contributed by atoms with E-state index < -0.39 is 5.91 Å². The van der Waals surface area contributed by atoms with E-state index in [9.17, 15) is 4.79 Å². The first-order chi connectivity index (χ1) is 9.24. The molecule has 1 unspecified atom stereocenters. The van der Waals surface area contributed by atoms with Crippen molar-refractivity contribution in [3.63, 3.8) is 0 Å². The van der Waals surface area contributed by atoms with Gasteiger partial charge >= 0.3 is 0 Å². The number of rotatable bonds is 6. The lowest BCUT2D eigenvalue weighted by atomic mass is 10.00. The van der Waals surface area contributed by atoms with Gasteiger partial charge in [0.25, 0.3) is 5.91 Å². The van der Waals surface area contributed by atoms with Crippen molar-refractivity contribution in [3.05, 3.63) is 24.3 Å². The largest absolute Gasteiger partial charge is 0.484 e. The zero-order valence-corrected chi connectivity index (χ0v) is 11.0. The fourth-order valence-electron chi connectivity index (χ4n) is 2.21. The Balaban J connectivity index is 1.82. The van der Waals surface area contributed by atoms with Gasteiger partial charge in [0, 0.05) is 18.3 Å². The molecular formula is C14H21N3O2. The highest BCUT2D eigenvalue weighted by Gasteiger charge is 2.12. The van der Waals surface area contributed by atoms with Crippen LogP contribution in [0.3, 0.4) is 0 Å². The first-order valence-electron chi connectivity index (χ1n) is 6.70. The lowest BCUT2D eigenvalue weighted by Gasteiger charge is -2.23. The minimum atomic E-state index is -0.466. The van der Waals surface area contributed by atoms with E-state index >= 15 is 0 Å². The van der Waals surface area contributed by atoms with Crippen LogP contribution in [0.1, 0.15) is 12.8 Å². The summed E-state index contributed by atoms with van der Waals surface area (Å²) in [5, 5.41) is 6.81. The summed E-state index contributed by atoms with van der Waals surface area (Å²) in [6, 6.07) is 7.60. The van der Waals surface area contributed by atoms with E-state index in [0.717, 1.165) is 25.3 Å². The Morgan fingerprint density at radius 1 is 1.53 bits per heavy atom. The smallest absolute Gasteiger partial charge is 0.255 e. The van der Waals surface area contributed by atoms with Crippen molar-refractivity contribution in [2.24, 2.45) is 11.7 Å². The topological polar surface area (TPSA) is 76.4 Å². The molecule has 4 N–H and O–H groups in total. The molecule has 0 aliphatic carbocycles. The molecule has 1 amide bonds. The Morgan fingerprint density at radius 2 is 2.42 bits per heavy atom. The van der Waals surface area contributed by atoms with Crippen molar-refractivity contribution < 1.29 is 9.53 Å². The monoisotopic (exact) mass is 263 g/mol. The molecule has 104 valence electrons. The second kappa shape index (κ2) is 6.99. The van der Waals surface area contributed by atoms with E-state index in [-0.39, 0.29) is 6.61 Å². The maximum absolute atomic E-state index is 10.7. The number of nitrogens with two attached hydrogens (primary N) is 1. The molecular weight excluding hydrogens is 242 g/mol. The quantitative estimate of drug-likeness (QED) is 0.714. The van der Waals surface area contributed by atoms with E-state index in [1.807, 2.05) is 24.3 Å². The molecule has 5 heteroatoms. The van der Waals surface area contributed by atoms with E-state index in [1.165, 1.54) is 12.8 Å². The number of amides is 1. The van der Waals surface area contributed by atoms with Gasteiger partial charge in [-0.15, -0.1) is 0 Å². The summed E-state index contributed by atoms with van der Waals surface area (Å²) < 4.78 is 5.27. The van der Waals surface area contributed by atoms with Gasteiger partial charge in [-0.05, 0) is 44.0 Å². The van der Waals surface area contributed by atoms with Gasteiger partial charge in [0.2, 0.25) is 0 Å². The maximum Gasteiger partial charge on any atom is 0.255 e. The van der Waals surface area contributed by atoms with Crippen LogP contribution in [0.4, 0.5) is 5.69 Å². The molecule has 1 aromatic carbocycles. The van der Waals surface area contributed by atoms with Crippen molar-refractivity contribution in [3.8, 4) is 5.75 Å². The Morgan fingerprint density at radius 3 is 3.16 bits per heavy atom. The number of primary amides is 1. The van der Waals surface area contributed by atoms with Crippen LogP contribution in [0.5, 0.6) is 5.75 Å². The van der Waals surface area contributed by atoms with Crippen LogP contribution in [-0.4, -0.2) is 32.1 Å². The van der Waals surface area contributed by atoms with E-state index in [4.69, 9.17) is 10.5 Å². The third-order valence-corrected chi connectivity index (χ3v) is 3.21. The zero-order valence-electron chi connectivity index (χ0n) is 11.0. The average molecular weight is 263 g/mol. The Labute approximate surface area is 113 Å². The van der Waals surface area contributed by atoms with Gasteiger partial charge in [-0.2, -0.15) is 0 Å². The fraction of sp³-hybridized carbons (Fsp3) is 0.500. The second-order valence-electron chi connectivity index (χ2n) is 4.88. The minimum absolute atomic E-state index is 0.0873. The molecule has 19 heavy (non-hydrogen) atoms. The number of carbonyl (C=O) groups is 1. The first kappa shape index (κ1) is 13.7. The Kier molecular flexibility index (Phi) is 5.03. The van der Waals surface area contributed by atoms with Gasteiger partial charge in [0.1, 0.15) is 5.75 Å². The van der Waals surface area contributed by atoms with Crippen LogP contribution in [0, 0.1) is 5.92 Å². The number of anilines is 1. The predicted octanol–water partition coefficient (Wildman–Crippen LogP) is 0.962. The predicted molar refractivity (Wildman–Crippen MR) is 75.2 cm³/mol. The summed E-state index contributed by atoms with van der Waals surface area (Å²) in [6.07, 6.45) is 2.51. The van der Waals surface area contributed by atoms with Gasteiger partial charge in [0.05, 0.1) is 0 Å². The van der Waals surface area contributed by atoms with Crippen molar-refractivity contribution in [2.45, 2.75) is 12.8 Å². The zero-order chi connectivity index (χ0) is 13.5. The molecule has 0 spiro atoms. The third-order valence-electron chi connectivity index (χ3n) is 3.21. The molecule has 1 aliphatic heterocycles. The lowest BCUT2D eigenvalue weighted by molar-refractivity contribution is -0.119. The molecule has 1 saturated heterocycles. The van der Waals surface area contributed by atoms with Gasteiger partial charge in [0.15, 0.2) is 6.61 Å². The lowest BCUT2D eigenvalue weighted by Crippen LogP contribution is -2.33. The van der Waals surface area contributed by atoms with Crippen molar-refractivity contribution in [1.29, 1.82) is 0 Å². The van der Waals surface area contributed by atoms with Crippen LogP contribution in [0.2, 0.25) is 0 Å². The van der Waals surface area contributed by atoms with Gasteiger partial charge < -0.3 is 21.1 Å². The van der Waals surface area contributed by atoms with Crippen molar-refractivity contribution in [1.82, 2.24) is 5.32 Å².